The molecule has 0 amide bonds. The van der Waals surface area contributed by atoms with Crippen molar-refractivity contribution in [3.05, 3.63) is 35.9 Å². The van der Waals surface area contributed by atoms with Crippen LogP contribution in [0.1, 0.15) is 40.2 Å². The monoisotopic (exact) mass is 290 g/mol. The van der Waals surface area contributed by atoms with Gasteiger partial charge in [-0.15, -0.1) is 0 Å². The van der Waals surface area contributed by atoms with Crippen LogP contribution in [-0.4, -0.2) is 31.4 Å². The predicted octanol–water partition coefficient (Wildman–Crippen LogP) is 2.75. The Hall–Kier alpha value is -1.33. The first kappa shape index (κ1) is 16.1. The largest absolute Gasteiger partial charge is 0.480 e. The molecule has 0 bridgehead atoms. The minimum Gasteiger partial charge on any atom is -0.469 e. The van der Waals surface area contributed by atoms with Gasteiger partial charge < -0.3 is 14.0 Å². The minimum atomic E-state index is -1.01. The van der Waals surface area contributed by atoms with E-state index in [1.165, 1.54) is 7.11 Å². The second-order valence-electron chi connectivity index (χ2n) is 6.65. The summed E-state index contributed by atoms with van der Waals surface area (Å²) in [5, 5.41) is -1.01. The van der Waals surface area contributed by atoms with Crippen LogP contribution in [-0.2, 0) is 24.2 Å². The highest BCUT2D eigenvalue weighted by atomic mass is 16.7. The van der Waals surface area contributed by atoms with E-state index >= 15 is 0 Å². The Balaban J connectivity index is 2.47. The second-order valence-corrected chi connectivity index (χ2v) is 6.65. The maximum atomic E-state index is 12.5. The predicted molar refractivity (Wildman–Crippen MR) is 81.9 cm³/mol. The van der Waals surface area contributed by atoms with Crippen molar-refractivity contribution in [2.24, 2.45) is 0 Å². The van der Waals surface area contributed by atoms with Gasteiger partial charge in [0.05, 0.1) is 18.3 Å². The third-order valence-corrected chi connectivity index (χ3v) is 4.71. The number of rotatable bonds is 3. The first-order chi connectivity index (χ1) is 9.65. The molecule has 1 atom stereocenters. The smallest absolute Gasteiger partial charge is 0.469 e. The maximum absolute atomic E-state index is 12.5. The van der Waals surface area contributed by atoms with Crippen molar-refractivity contribution in [1.82, 2.24) is 0 Å². The normalized spacial score (nSPS) is 22.7. The van der Waals surface area contributed by atoms with Crippen molar-refractivity contribution in [2.45, 2.75) is 51.1 Å². The molecule has 0 radical (unpaired) electrons. The van der Waals surface area contributed by atoms with E-state index in [0.29, 0.717) is 0 Å². The molecule has 1 saturated heterocycles. The number of hydrogen-bond acceptors (Lipinski definition) is 4. The van der Waals surface area contributed by atoms with Crippen LogP contribution in [0.4, 0.5) is 0 Å². The Kier molecular flexibility index (Phi) is 3.93. The lowest BCUT2D eigenvalue weighted by Crippen LogP contribution is -2.50. The van der Waals surface area contributed by atoms with Gasteiger partial charge in [0.15, 0.2) is 0 Å². The number of carbonyl (C=O) groups is 1. The molecule has 1 aliphatic rings. The van der Waals surface area contributed by atoms with Gasteiger partial charge in [-0.05, 0) is 40.2 Å². The van der Waals surface area contributed by atoms with Crippen molar-refractivity contribution in [2.75, 3.05) is 7.11 Å². The molecule has 1 aromatic carbocycles. The van der Waals surface area contributed by atoms with Gasteiger partial charge in [0, 0.05) is 0 Å². The molecule has 0 N–H and O–H groups in total. The molecule has 0 spiro atoms. The average molecular weight is 290 g/mol. The summed E-state index contributed by atoms with van der Waals surface area (Å²) in [7, 11) is 0.687. The molecule has 114 valence electrons. The van der Waals surface area contributed by atoms with Gasteiger partial charge in [-0.3, -0.25) is 4.79 Å². The molecule has 1 aromatic rings. The number of carbonyl (C=O) groups excluding carboxylic acids is 1. The zero-order valence-corrected chi connectivity index (χ0v) is 13.6. The molecule has 1 unspecified atom stereocenters. The third kappa shape index (κ3) is 2.49. The van der Waals surface area contributed by atoms with Crippen molar-refractivity contribution in [1.29, 1.82) is 0 Å². The van der Waals surface area contributed by atoms with E-state index in [2.05, 4.69) is 0 Å². The molecule has 2 rings (SSSR count). The lowest BCUT2D eigenvalue weighted by molar-refractivity contribution is -0.144. The maximum Gasteiger partial charge on any atom is 0.480 e. The molecule has 1 fully saturated rings. The Labute approximate surface area is 126 Å². The third-order valence-electron chi connectivity index (χ3n) is 4.71. The number of esters is 1. The highest BCUT2D eigenvalue weighted by molar-refractivity contribution is 6.55. The van der Waals surface area contributed by atoms with E-state index in [1.807, 2.05) is 58.0 Å². The molecule has 1 heterocycles. The molecule has 0 aromatic heterocycles. The van der Waals surface area contributed by atoms with Crippen LogP contribution in [0.25, 0.3) is 0 Å². The average Bonchev–Trinajstić information content (AvgIpc) is 2.67. The highest BCUT2D eigenvalue weighted by Crippen LogP contribution is 2.43. The molecule has 4 nitrogen and oxygen atoms in total. The van der Waals surface area contributed by atoms with Crippen LogP contribution < -0.4 is 0 Å². The van der Waals surface area contributed by atoms with Crippen LogP contribution in [0, 0.1) is 0 Å². The van der Waals surface area contributed by atoms with Crippen molar-refractivity contribution < 1.29 is 18.8 Å². The zero-order chi connectivity index (χ0) is 15.9. The number of hydrogen-bond donors (Lipinski definition) is 0. The van der Waals surface area contributed by atoms with Gasteiger partial charge in [0.1, 0.15) is 5.31 Å². The SMILES string of the molecule is COC(=O)C(C)(B1OC(C)(C)C(C)(C)O1)c1ccccc1. The van der Waals surface area contributed by atoms with Crippen molar-refractivity contribution in [3.8, 4) is 0 Å². The summed E-state index contributed by atoms with van der Waals surface area (Å²) in [5.74, 6) is -0.368. The Morgan fingerprint density at radius 3 is 2.00 bits per heavy atom. The highest BCUT2D eigenvalue weighted by Gasteiger charge is 2.61. The summed E-state index contributed by atoms with van der Waals surface area (Å²) in [5.41, 5.74) is -0.181. The lowest BCUT2D eigenvalue weighted by Gasteiger charge is -2.32. The summed E-state index contributed by atoms with van der Waals surface area (Å²) in [6.07, 6.45) is 0. The quantitative estimate of drug-likeness (QED) is 0.634. The number of methoxy groups -OCH3 is 1. The van der Waals surface area contributed by atoms with Gasteiger partial charge in [-0.2, -0.15) is 0 Å². The fraction of sp³-hybridized carbons (Fsp3) is 0.562. The van der Waals surface area contributed by atoms with E-state index in [1.54, 1.807) is 6.92 Å². The van der Waals surface area contributed by atoms with E-state index < -0.39 is 23.6 Å². The number of benzene rings is 1. The van der Waals surface area contributed by atoms with E-state index in [4.69, 9.17) is 14.0 Å². The molecule has 21 heavy (non-hydrogen) atoms. The molecule has 0 saturated carbocycles. The zero-order valence-electron chi connectivity index (χ0n) is 13.6. The molecule has 0 aliphatic carbocycles. The Bertz CT molecular complexity index is 510. The van der Waals surface area contributed by atoms with E-state index in [0.717, 1.165) is 5.56 Å². The minimum absolute atomic E-state index is 0.368. The summed E-state index contributed by atoms with van der Waals surface area (Å²) >= 11 is 0. The van der Waals surface area contributed by atoms with Gasteiger partial charge >= 0.3 is 13.1 Å². The van der Waals surface area contributed by atoms with Crippen LogP contribution in [0.5, 0.6) is 0 Å². The number of ether oxygens (including phenoxy) is 1. The van der Waals surface area contributed by atoms with Crippen molar-refractivity contribution >= 4 is 13.1 Å². The molecular formula is C16H23BO4. The van der Waals surface area contributed by atoms with Gasteiger partial charge in [0.25, 0.3) is 0 Å². The van der Waals surface area contributed by atoms with Crippen LogP contribution in [0.3, 0.4) is 0 Å². The van der Waals surface area contributed by atoms with Crippen molar-refractivity contribution in [3.63, 3.8) is 0 Å². The fourth-order valence-corrected chi connectivity index (χ4v) is 2.43. The molecular weight excluding hydrogens is 267 g/mol. The van der Waals surface area contributed by atoms with Crippen LogP contribution >= 0.6 is 0 Å². The molecule has 5 heteroatoms. The molecule has 1 aliphatic heterocycles. The topological polar surface area (TPSA) is 44.8 Å². The standard InChI is InChI=1S/C16H23BO4/c1-14(2)15(3,4)21-17(20-14)16(5,13(18)19-6)12-10-8-7-9-11-12/h7-11H,1-6H3. The lowest BCUT2D eigenvalue weighted by atomic mass is 9.55. The first-order valence-corrected chi connectivity index (χ1v) is 7.15. The van der Waals surface area contributed by atoms with Gasteiger partial charge in [-0.25, -0.2) is 0 Å². The van der Waals surface area contributed by atoms with Gasteiger partial charge in [-0.1, -0.05) is 30.3 Å². The van der Waals surface area contributed by atoms with Crippen LogP contribution in [0.2, 0.25) is 0 Å². The summed E-state index contributed by atoms with van der Waals surface area (Å²) in [6, 6.07) is 9.47. The van der Waals surface area contributed by atoms with Gasteiger partial charge in [0.2, 0.25) is 0 Å². The first-order valence-electron chi connectivity index (χ1n) is 7.15. The second kappa shape index (κ2) is 5.14. The van der Waals surface area contributed by atoms with E-state index in [-0.39, 0.29) is 5.97 Å². The summed E-state index contributed by atoms with van der Waals surface area (Å²) < 4.78 is 17.2. The Morgan fingerprint density at radius 1 is 1.10 bits per heavy atom. The fourth-order valence-electron chi connectivity index (χ4n) is 2.43. The summed E-state index contributed by atoms with van der Waals surface area (Å²) in [6.45, 7) is 9.67. The van der Waals surface area contributed by atoms with Crippen LogP contribution in [0.15, 0.2) is 30.3 Å². The summed E-state index contributed by atoms with van der Waals surface area (Å²) in [4.78, 5) is 12.5. The Morgan fingerprint density at radius 2 is 1.57 bits per heavy atom. The van der Waals surface area contributed by atoms with E-state index in [9.17, 15) is 4.79 Å².